The molecule has 0 spiro atoms. The first-order valence-corrected chi connectivity index (χ1v) is 7.11. The maximum Gasteiger partial charge on any atom is 0.0557 e. The zero-order chi connectivity index (χ0) is 11.0. The van der Waals surface area contributed by atoms with E-state index in [9.17, 15) is 0 Å². The van der Waals surface area contributed by atoms with Gasteiger partial charge in [-0.25, -0.2) is 0 Å². The maximum absolute atomic E-state index is 6.44. The third-order valence-corrected chi connectivity index (χ3v) is 5.94. The van der Waals surface area contributed by atoms with Crippen LogP contribution >= 0.6 is 55.1 Å². The van der Waals surface area contributed by atoms with Crippen molar-refractivity contribution in [3.8, 4) is 0 Å². The molecule has 0 heterocycles. The molecule has 1 aliphatic carbocycles. The lowest BCUT2D eigenvalue weighted by Crippen LogP contribution is -2.47. The second-order valence-electron chi connectivity index (χ2n) is 4.36. The van der Waals surface area contributed by atoms with Gasteiger partial charge in [0.1, 0.15) is 0 Å². The Hall–Kier alpha value is 1.28. The first-order chi connectivity index (χ1) is 6.29. The lowest BCUT2D eigenvalue weighted by atomic mass is 9.75. The smallest absolute Gasteiger partial charge is 0.0557 e. The van der Waals surface area contributed by atoms with Gasteiger partial charge < -0.3 is 0 Å². The molecule has 0 N–H and O–H groups in total. The molecule has 0 aromatic carbocycles. The predicted molar refractivity (Wildman–Crippen MR) is 72.0 cm³/mol. The van der Waals surface area contributed by atoms with Crippen LogP contribution in [0.5, 0.6) is 0 Å². The highest BCUT2D eigenvalue weighted by Crippen LogP contribution is 2.50. The van der Waals surface area contributed by atoms with Crippen molar-refractivity contribution in [1.29, 1.82) is 0 Å². The van der Waals surface area contributed by atoms with Crippen molar-refractivity contribution in [2.75, 3.05) is 0 Å². The van der Waals surface area contributed by atoms with E-state index < -0.39 is 0 Å². The third kappa shape index (κ3) is 2.90. The molecule has 1 aliphatic rings. The second kappa shape index (κ2) is 4.65. The Bertz CT molecular complexity index is 236. The molecule has 0 amide bonds. The van der Waals surface area contributed by atoms with E-state index in [1.54, 1.807) is 5.54 Å². The minimum Gasteiger partial charge on any atom is -0.118 e. The van der Waals surface area contributed by atoms with Crippen molar-refractivity contribution >= 4 is 55.1 Å². The van der Waals surface area contributed by atoms with Crippen LogP contribution < -0.4 is 0 Å². The van der Waals surface area contributed by atoms with Gasteiger partial charge in [0.25, 0.3) is 0 Å². The normalized spacial score (nSPS) is 49.9. The standard InChI is InChI=1S/C10H14Br2Cl2/c1-9(12)6-10(2,14)8(11)5-7(9)3-4-13/h3-4,7-8H,5-6H2,1-2H3/b4-3+/t7-,8+,9-,10-/m1/s1. The van der Waals surface area contributed by atoms with Gasteiger partial charge in [-0.1, -0.05) is 49.5 Å². The molecule has 1 fully saturated rings. The Morgan fingerprint density at radius 1 is 1.43 bits per heavy atom. The SMILES string of the molecule is C[C@@]1(Cl)C[C@@](C)(Br)[C@H](/C=C/Cl)C[C@@H]1Br. The van der Waals surface area contributed by atoms with Crippen molar-refractivity contribution < 1.29 is 0 Å². The molecule has 14 heavy (non-hydrogen) atoms. The molecule has 0 bridgehead atoms. The van der Waals surface area contributed by atoms with Crippen molar-refractivity contribution in [1.82, 2.24) is 0 Å². The summed E-state index contributed by atoms with van der Waals surface area (Å²) in [5.41, 5.74) is 1.60. The summed E-state index contributed by atoms with van der Waals surface area (Å²) in [6.45, 7) is 4.25. The zero-order valence-corrected chi connectivity index (χ0v) is 12.9. The van der Waals surface area contributed by atoms with Crippen LogP contribution in [0.15, 0.2) is 11.6 Å². The largest absolute Gasteiger partial charge is 0.118 e. The van der Waals surface area contributed by atoms with Crippen molar-refractivity contribution in [3.63, 3.8) is 0 Å². The van der Waals surface area contributed by atoms with Gasteiger partial charge in [-0.05, 0) is 32.6 Å². The maximum atomic E-state index is 6.44. The van der Waals surface area contributed by atoms with Crippen LogP contribution in [0.4, 0.5) is 0 Å². The van der Waals surface area contributed by atoms with Gasteiger partial charge in [0.15, 0.2) is 0 Å². The van der Waals surface area contributed by atoms with E-state index in [-0.39, 0.29) is 9.20 Å². The average molecular weight is 365 g/mol. The molecule has 0 aromatic heterocycles. The summed E-state index contributed by atoms with van der Waals surface area (Å²) >= 11 is 19.5. The summed E-state index contributed by atoms with van der Waals surface area (Å²) in [5, 5.41) is 0. The summed E-state index contributed by atoms with van der Waals surface area (Å²) in [5.74, 6) is 0.427. The summed E-state index contributed by atoms with van der Waals surface area (Å²) < 4.78 is 0.0408. The number of hydrogen-bond donors (Lipinski definition) is 0. The summed E-state index contributed by atoms with van der Waals surface area (Å²) in [6, 6.07) is 0. The highest BCUT2D eigenvalue weighted by molar-refractivity contribution is 9.10. The van der Waals surface area contributed by atoms with E-state index in [1.165, 1.54) is 0 Å². The molecule has 82 valence electrons. The monoisotopic (exact) mass is 362 g/mol. The molecule has 0 unspecified atom stereocenters. The van der Waals surface area contributed by atoms with Crippen LogP contribution in [-0.2, 0) is 0 Å². The topological polar surface area (TPSA) is 0 Å². The second-order valence-corrected chi connectivity index (χ2v) is 8.39. The van der Waals surface area contributed by atoms with Crippen LogP contribution in [-0.4, -0.2) is 14.0 Å². The average Bonchev–Trinajstić information content (AvgIpc) is 1.99. The lowest BCUT2D eigenvalue weighted by Gasteiger charge is -2.45. The van der Waals surface area contributed by atoms with E-state index in [4.69, 9.17) is 23.2 Å². The van der Waals surface area contributed by atoms with E-state index in [2.05, 4.69) is 45.7 Å². The van der Waals surface area contributed by atoms with E-state index in [0.29, 0.717) is 10.7 Å². The first-order valence-electron chi connectivity index (χ1n) is 4.58. The molecule has 0 saturated heterocycles. The van der Waals surface area contributed by atoms with E-state index in [1.807, 2.05) is 6.08 Å². The summed E-state index contributed by atoms with van der Waals surface area (Å²) in [7, 11) is 0. The minimum absolute atomic E-state index is 0.0408. The van der Waals surface area contributed by atoms with Gasteiger partial charge >= 0.3 is 0 Å². The molecular formula is C10H14Br2Cl2. The van der Waals surface area contributed by atoms with Crippen molar-refractivity contribution in [2.45, 2.75) is 40.7 Å². The highest BCUT2D eigenvalue weighted by atomic mass is 79.9. The molecular weight excluding hydrogens is 351 g/mol. The number of allylic oxidation sites excluding steroid dienone is 1. The van der Waals surface area contributed by atoms with Gasteiger partial charge in [-0.2, -0.15) is 0 Å². The number of rotatable bonds is 1. The van der Waals surface area contributed by atoms with Crippen LogP contribution in [0.2, 0.25) is 0 Å². The third-order valence-electron chi connectivity index (χ3n) is 2.88. The molecule has 4 heteroatoms. The predicted octanol–water partition coefficient (Wildman–Crippen LogP) is 5.06. The van der Waals surface area contributed by atoms with Gasteiger partial charge in [0.2, 0.25) is 0 Å². The Labute approximate surface area is 113 Å². The van der Waals surface area contributed by atoms with Gasteiger partial charge in [-0.15, -0.1) is 11.6 Å². The molecule has 4 atom stereocenters. The summed E-state index contributed by atoms with van der Waals surface area (Å²) in [4.78, 5) is 0.148. The van der Waals surface area contributed by atoms with E-state index >= 15 is 0 Å². The van der Waals surface area contributed by atoms with Crippen LogP contribution in [0.25, 0.3) is 0 Å². The fraction of sp³-hybridized carbons (Fsp3) is 0.800. The Kier molecular flexibility index (Phi) is 4.43. The van der Waals surface area contributed by atoms with Crippen molar-refractivity contribution in [2.24, 2.45) is 5.92 Å². The number of hydrogen-bond acceptors (Lipinski definition) is 0. The van der Waals surface area contributed by atoms with Gasteiger partial charge in [0, 0.05) is 14.7 Å². The fourth-order valence-electron chi connectivity index (χ4n) is 2.00. The van der Waals surface area contributed by atoms with Gasteiger partial charge in [0.05, 0.1) is 4.87 Å². The molecule has 1 rings (SSSR count). The van der Waals surface area contributed by atoms with E-state index in [0.717, 1.165) is 12.8 Å². The lowest BCUT2D eigenvalue weighted by molar-refractivity contribution is 0.310. The fourth-order valence-corrected chi connectivity index (χ4v) is 4.19. The van der Waals surface area contributed by atoms with Crippen molar-refractivity contribution in [3.05, 3.63) is 11.6 Å². The minimum atomic E-state index is -0.186. The number of halogens is 4. The van der Waals surface area contributed by atoms with Crippen LogP contribution in [0.1, 0.15) is 26.7 Å². The van der Waals surface area contributed by atoms with Gasteiger partial charge in [-0.3, -0.25) is 0 Å². The molecule has 0 radical (unpaired) electrons. The Balaban J connectivity index is 2.85. The number of alkyl halides is 3. The molecule has 0 nitrogen and oxygen atoms in total. The van der Waals surface area contributed by atoms with Crippen LogP contribution in [0.3, 0.4) is 0 Å². The Morgan fingerprint density at radius 2 is 2.00 bits per heavy atom. The molecule has 1 saturated carbocycles. The highest BCUT2D eigenvalue weighted by Gasteiger charge is 2.47. The van der Waals surface area contributed by atoms with Crippen LogP contribution in [0, 0.1) is 5.92 Å². The summed E-state index contributed by atoms with van der Waals surface area (Å²) in [6.07, 6.45) is 3.96. The quantitative estimate of drug-likeness (QED) is 0.570. The first kappa shape index (κ1) is 13.3. The molecule has 0 aromatic rings. The zero-order valence-electron chi connectivity index (χ0n) is 8.24. The molecule has 0 aliphatic heterocycles. The Morgan fingerprint density at radius 3 is 2.50 bits per heavy atom.